The Bertz CT molecular complexity index is 744. The third-order valence-corrected chi connectivity index (χ3v) is 3.32. The van der Waals surface area contributed by atoms with E-state index in [0.717, 1.165) is 10.2 Å². The van der Waals surface area contributed by atoms with Gasteiger partial charge in [-0.15, -0.1) is 0 Å². The summed E-state index contributed by atoms with van der Waals surface area (Å²) in [6.45, 7) is 0.240. The van der Waals surface area contributed by atoms with Crippen LogP contribution in [0.4, 0.5) is 5.69 Å². The van der Waals surface area contributed by atoms with Crippen molar-refractivity contribution in [2.75, 3.05) is 5.73 Å². The van der Waals surface area contributed by atoms with Gasteiger partial charge in [-0.05, 0) is 30.3 Å². The van der Waals surface area contributed by atoms with Gasteiger partial charge in [0, 0.05) is 10.2 Å². The molecule has 0 amide bonds. The van der Waals surface area contributed by atoms with Crippen LogP contribution in [0.15, 0.2) is 57.5 Å². The number of nitrogens with zero attached hydrogens (tertiary/aromatic N) is 2. The number of ether oxygens (including phenoxy) is 1. The van der Waals surface area contributed by atoms with Crippen LogP contribution in [-0.2, 0) is 6.61 Å². The molecule has 0 saturated heterocycles. The van der Waals surface area contributed by atoms with Gasteiger partial charge in [-0.2, -0.15) is 4.98 Å². The fourth-order valence-corrected chi connectivity index (χ4v) is 2.19. The molecule has 106 valence electrons. The number of aromatic nitrogens is 2. The molecule has 1 heterocycles. The molecule has 0 saturated carbocycles. The van der Waals surface area contributed by atoms with Crippen molar-refractivity contribution in [1.82, 2.24) is 10.1 Å². The fraction of sp³-hybridized carbons (Fsp3) is 0.0667. The van der Waals surface area contributed by atoms with Crippen LogP contribution in [0, 0.1) is 0 Å². The van der Waals surface area contributed by atoms with Crippen molar-refractivity contribution in [2.24, 2.45) is 0 Å². The Balaban J connectivity index is 1.74. The highest BCUT2D eigenvalue weighted by Crippen LogP contribution is 2.27. The summed E-state index contributed by atoms with van der Waals surface area (Å²) >= 11 is 3.36. The van der Waals surface area contributed by atoms with Crippen molar-refractivity contribution in [1.29, 1.82) is 0 Å². The molecule has 6 heteroatoms. The van der Waals surface area contributed by atoms with E-state index in [4.69, 9.17) is 15.0 Å². The smallest absolute Gasteiger partial charge is 0.260 e. The van der Waals surface area contributed by atoms with Crippen LogP contribution in [0.1, 0.15) is 5.82 Å². The zero-order valence-electron chi connectivity index (χ0n) is 11.0. The van der Waals surface area contributed by atoms with Gasteiger partial charge in [0.15, 0.2) is 6.61 Å². The quantitative estimate of drug-likeness (QED) is 0.730. The van der Waals surface area contributed by atoms with E-state index in [1.165, 1.54) is 0 Å². The lowest BCUT2D eigenvalue weighted by Gasteiger charge is -2.01. The van der Waals surface area contributed by atoms with E-state index in [1.807, 2.05) is 42.5 Å². The lowest BCUT2D eigenvalue weighted by molar-refractivity contribution is 0.287. The lowest BCUT2D eigenvalue weighted by atomic mass is 10.2. The molecule has 3 rings (SSSR count). The van der Waals surface area contributed by atoms with Gasteiger partial charge in [0.05, 0.1) is 5.56 Å². The Morgan fingerprint density at radius 2 is 1.95 bits per heavy atom. The average molecular weight is 346 g/mol. The third kappa shape index (κ3) is 3.22. The van der Waals surface area contributed by atoms with Gasteiger partial charge in [-0.1, -0.05) is 39.3 Å². The van der Waals surface area contributed by atoms with E-state index in [2.05, 4.69) is 26.1 Å². The lowest BCUT2D eigenvalue weighted by Crippen LogP contribution is -1.97. The van der Waals surface area contributed by atoms with Crippen LogP contribution in [0.25, 0.3) is 11.5 Å². The van der Waals surface area contributed by atoms with E-state index < -0.39 is 0 Å². The number of hydrogen-bond acceptors (Lipinski definition) is 5. The van der Waals surface area contributed by atoms with E-state index in [1.54, 1.807) is 6.07 Å². The van der Waals surface area contributed by atoms with Gasteiger partial charge in [0.1, 0.15) is 5.75 Å². The summed E-state index contributed by atoms with van der Waals surface area (Å²) in [4.78, 5) is 4.29. The Labute approximate surface area is 129 Å². The number of halogens is 1. The summed E-state index contributed by atoms with van der Waals surface area (Å²) in [5.41, 5.74) is 7.22. The molecule has 21 heavy (non-hydrogen) atoms. The number of anilines is 1. The van der Waals surface area contributed by atoms with Crippen molar-refractivity contribution in [3.05, 3.63) is 58.8 Å². The number of para-hydroxylation sites is 1. The third-order valence-electron chi connectivity index (χ3n) is 2.82. The molecular weight excluding hydrogens is 334 g/mol. The Hall–Kier alpha value is -2.34. The van der Waals surface area contributed by atoms with Gasteiger partial charge in [-0.3, -0.25) is 0 Å². The molecule has 0 radical (unpaired) electrons. The molecule has 0 spiro atoms. The van der Waals surface area contributed by atoms with Gasteiger partial charge in [-0.25, -0.2) is 0 Å². The first-order valence-electron chi connectivity index (χ1n) is 6.28. The number of hydrogen-bond donors (Lipinski definition) is 1. The summed E-state index contributed by atoms with van der Waals surface area (Å²) in [7, 11) is 0. The maximum atomic E-state index is 5.94. The second-order valence-corrected chi connectivity index (χ2v) is 5.26. The largest absolute Gasteiger partial charge is 0.485 e. The highest BCUT2D eigenvalue weighted by molar-refractivity contribution is 9.10. The molecule has 2 aromatic carbocycles. The van der Waals surface area contributed by atoms with Crippen LogP contribution in [0.5, 0.6) is 5.75 Å². The Morgan fingerprint density at radius 1 is 1.14 bits per heavy atom. The number of nitrogen functional groups attached to an aromatic ring is 1. The van der Waals surface area contributed by atoms with Gasteiger partial charge in [0.2, 0.25) is 5.82 Å². The molecule has 0 unspecified atom stereocenters. The highest BCUT2D eigenvalue weighted by Gasteiger charge is 2.12. The molecule has 2 N–H and O–H groups in total. The van der Waals surface area contributed by atoms with Crippen molar-refractivity contribution in [2.45, 2.75) is 6.61 Å². The second-order valence-electron chi connectivity index (χ2n) is 4.35. The molecular formula is C15H12BrN3O2. The van der Waals surface area contributed by atoms with E-state index in [9.17, 15) is 0 Å². The van der Waals surface area contributed by atoms with Crippen molar-refractivity contribution < 1.29 is 9.26 Å². The number of benzene rings is 2. The SMILES string of the molecule is Nc1cc(Br)ccc1-c1nc(COc2ccccc2)no1. The molecule has 5 nitrogen and oxygen atoms in total. The predicted molar refractivity (Wildman–Crippen MR) is 82.6 cm³/mol. The minimum atomic E-state index is 0.240. The van der Waals surface area contributed by atoms with Crippen LogP contribution >= 0.6 is 15.9 Å². The second kappa shape index (κ2) is 5.97. The first kappa shape index (κ1) is 13.6. The van der Waals surface area contributed by atoms with Crippen LogP contribution in [0.3, 0.4) is 0 Å². The van der Waals surface area contributed by atoms with Gasteiger partial charge >= 0.3 is 0 Å². The van der Waals surface area contributed by atoms with E-state index in [-0.39, 0.29) is 6.61 Å². The molecule has 0 atom stereocenters. The van der Waals surface area contributed by atoms with Crippen LogP contribution in [-0.4, -0.2) is 10.1 Å². The maximum absolute atomic E-state index is 5.94. The zero-order valence-corrected chi connectivity index (χ0v) is 12.6. The van der Waals surface area contributed by atoms with Gasteiger partial charge in [0.25, 0.3) is 5.89 Å². The number of nitrogens with two attached hydrogens (primary N) is 1. The molecule has 0 fully saturated rings. The Morgan fingerprint density at radius 3 is 2.71 bits per heavy atom. The van der Waals surface area contributed by atoms with E-state index >= 15 is 0 Å². The normalized spacial score (nSPS) is 10.5. The first-order valence-corrected chi connectivity index (χ1v) is 7.07. The highest BCUT2D eigenvalue weighted by atomic mass is 79.9. The molecule has 0 aliphatic heterocycles. The number of rotatable bonds is 4. The minimum Gasteiger partial charge on any atom is -0.485 e. The maximum Gasteiger partial charge on any atom is 0.260 e. The van der Waals surface area contributed by atoms with Crippen LogP contribution in [0.2, 0.25) is 0 Å². The monoisotopic (exact) mass is 345 g/mol. The summed E-state index contributed by atoms with van der Waals surface area (Å²) in [6, 6.07) is 15.0. The topological polar surface area (TPSA) is 74.2 Å². The molecule has 1 aromatic heterocycles. The summed E-state index contributed by atoms with van der Waals surface area (Å²) in [6.07, 6.45) is 0. The molecule has 0 aliphatic rings. The van der Waals surface area contributed by atoms with Crippen molar-refractivity contribution in [3.63, 3.8) is 0 Å². The molecule has 0 bridgehead atoms. The Kier molecular flexibility index (Phi) is 3.87. The minimum absolute atomic E-state index is 0.240. The summed E-state index contributed by atoms with van der Waals surface area (Å²) in [5, 5.41) is 3.89. The zero-order chi connectivity index (χ0) is 14.7. The fourth-order valence-electron chi connectivity index (χ4n) is 1.81. The summed E-state index contributed by atoms with van der Waals surface area (Å²) in [5.74, 6) is 1.61. The summed E-state index contributed by atoms with van der Waals surface area (Å²) < 4.78 is 11.7. The first-order chi connectivity index (χ1) is 10.2. The van der Waals surface area contributed by atoms with Crippen molar-refractivity contribution in [3.8, 4) is 17.2 Å². The molecule has 0 aliphatic carbocycles. The molecule has 3 aromatic rings. The van der Waals surface area contributed by atoms with Crippen molar-refractivity contribution >= 4 is 21.6 Å². The van der Waals surface area contributed by atoms with Crippen LogP contribution < -0.4 is 10.5 Å². The predicted octanol–water partition coefficient (Wildman–Crippen LogP) is 3.66. The average Bonchev–Trinajstić information content (AvgIpc) is 2.95. The van der Waals surface area contributed by atoms with E-state index in [0.29, 0.717) is 23.0 Å². The van der Waals surface area contributed by atoms with Gasteiger partial charge < -0.3 is 15.0 Å². The standard InChI is InChI=1S/C15H12BrN3O2/c16-10-6-7-12(13(17)8-10)15-18-14(19-21-15)9-20-11-4-2-1-3-5-11/h1-8H,9,17H2.